The molecule has 0 unspecified atom stereocenters. The van der Waals surface area contributed by atoms with E-state index < -0.39 is 5.97 Å². The lowest BCUT2D eigenvalue weighted by atomic mass is 10.2. The number of benzene rings is 1. The number of esters is 1. The lowest BCUT2D eigenvalue weighted by Crippen LogP contribution is -2.07. The first-order valence-corrected chi connectivity index (χ1v) is 9.16. The number of carbonyl (C=O) groups is 2. The zero-order valence-corrected chi connectivity index (χ0v) is 15.9. The summed E-state index contributed by atoms with van der Waals surface area (Å²) in [6, 6.07) is 10.4. The number of hydrogen-bond donors (Lipinski definition) is 0. The molecular formula is C18H15ClN2O5S. The number of ketones is 1. The normalized spacial score (nSPS) is 10.6. The van der Waals surface area contributed by atoms with Crippen LogP contribution in [0.15, 0.2) is 40.9 Å². The molecule has 0 aliphatic carbocycles. The molecule has 0 amide bonds. The summed E-state index contributed by atoms with van der Waals surface area (Å²) in [5, 5.41) is 3.85. The highest BCUT2D eigenvalue weighted by molar-refractivity contribution is 7.18. The van der Waals surface area contributed by atoms with E-state index >= 15 is 0 Å². The van der Waals surface area contributed by atoms with Crippen LogP contribution < -0.4 is 4.74 Å². The Labute approximate surface area is 163 Å². The first-order chi connectivity index (χ1) is 13.0. The van der Waals surface area contributed by atoms with Gasteiger partial charge in [-0.05, 0) is 36.4 Å². The van der Waals surface area contributed by atoms with Crippen LogP contribution in [-0.2, 0) is 16.1 Å². The van der Waals surface area contributed by atoms with Crippen molar-refractivity contribution >= 4 is 34.7 Å². The second kappa shape index (κ2) is 8.79. The zero-order chi connectivity index (χ0) is 19.2. The summed E-state index contributed by atoms with van der Waals surface area (Å²) < 4.78 is 15.8. The largest absolute Gasteiger partial charge is 0.497 e. The molecular weight excluding hydrogens is 392 g/mol. The van der Waals surface area contributed by atoms with Crippen molar-refractivity contribution in [2.75, 3.05) is 7.11 Å². The molecule has 0 saturated heterocycles. The van der Waals surface area contributed by atoms with Crippen molar-refractivity contribution < 1.29 is 23.6 Å². The topological polar surface area (TPSA) is 91.5 Å². The average Bonchev–Trinajstić information content (AvgIpc) is 3.33. The molecule has 7 nitrogen and oxygen atoms in total. The Kier molecular flexibility index (Phi) is 6.20. The smallest absolute Gasteiger partial charge is 0.306 e. The summed E-state index contributed by atoms with van der Waals surface area (Å²) >= 11 is 6.97. The number of carbonyl (C=O) groups excluding carboxylic acids is 2. The molecule has 2 aromatic heterocycles. The number of thiophene rings is 1. The number of methoxy groups -OCH3 is 1. The van der Waals surface area contributed by atoms with Gasteiger partial charge in [-0.1, -0.05) is 16.8 Å². The molecule has 0 aliphatic heterocycles. The van der Waals surface area contributed by atoms with E-state index in [0.29, 0.717) is 15.0 Å². The molecule has 0 N–H and O–H groups in total. The van der Waals surface area contributed by atoms with Crippen molar-refractivity contribution in [3.8, 4) is 17.1 Å². The number of ether oxygens (including phenoxy) is 2. The van der Waals surface area contributed by atoms with Gasteiger partial charge in [0, 0.05) is 12.0 Å². The Hall–Kier alpha value is -2.71. The summed E-state index contributed by atoms with van der Waals surface area (Å²) in [6.07, 6.45) is 0.0183. The van der Waals surface area contributed by atoms with Gasteiger partial charge in [0.05, 0.1) is 22.7 Å². The number of aromatic nitrogens is 2. The summed E-state index contributed by atoms with van der Waals surface area (Å²) in [5.74, 6) is 0.605. The first kappa shape index (κ1) is 19.1. The highest BCUT2D eigenvalue weighted by Crippen LogP contribution is 2.23. The standard InChI is InChI=1S/C18H15ClN2O5S/c1-24-12-4-2-11(3-5-12)18-20-16(26-21-18)10-25-17(23)9-6-13(22)14-7-8-15(19)27-14/h2-5,7-8H,6,9-10H2,1H3. The van der Waals surface area contributed by atoms with Gasteiger partial charge in [0.25, 0.3) is 5.89 Å². The Morgan fingerprint density at radius 3 is 2.59 bits per heavy atom. The molecule has 140 valence electrons. The summed E-state index contributed by atoms with van der Waals surface area (Å²) in [6.45, 7) is -0.152. The SMILES string of the molecule is COc1ccc(-c2noc(COC(=O)CCC(=O)c3ccc(Cl)s3)n2)cc1. The fourth-order valence-electron chi connectivity index (χ4n) is 2.19. The Morgan fingerprint density at radius 2 is 1.93 bits per heavy atom. The minimum absolute atomic E-state index is 0.0339. The van der Waals surface area contributed by atoms with Gasteiger partial charge >= 0.3 is 5.97 Å². The average molecular weight is 407 g/mol. The van der Waals surface area contributed by atoms with Crippen molar-refractivity contribution in [1.29, 1.82) is 0 Å². The maximum absolute atomic E-state index is 11.9. The Bertz CT molecular complexity index is 935. The summed E-state index contributed by atoms with van der Waals surface area (Å²) in [4.78, 5) is 28.4. The van der Waals surface area contributed by atoms with E-state index in [2.05, 4.69) is 10.1 Å². The van der Waals surface area contributed by atoms with Gasteiger partial charge in [-0.2, -0.15) is 4.98 Å². The van der Waals surface area contributed by atoms with E-state index in [1.54, 1.807) is 43.5 Å². The predicted molar refractivity (Wildman–Crippen MR) is 99.0 cm³/mol. The van der Waals surface area contributed by atoms with E-state index in [1.165, 1.54) is 11.3 Å². The molecule has 0 aliphatic rings. The minimum atomic E-state index is -0.518. The molecule has 3 aromatic rings. The van der Waals surface area contributed by atoms with E-state index in [0.717, 1.165) is 11.3 Å². The van der Waals surface area contributed by atoms with Crippen LogP contribution >= 0.6 is 22.9 Å². The van der Waals surface area contributed by atoms with E-state index in [9.17, 15) is 9.59 Å². The number of hydrogen-bond acceptors (Lipinski definition) is 8. The molecule has 3 rings (SSSR count). The molecule has 27 heavy (non-hydrogen) atoms. The van der Waals surface area contributed by atoms with E-state index in [1.807, 2.05) is 0 Å². The van der Waals surface area contributed by atoms with Crippen LogP contribution in [-0.4, -0.2) is 29.0 Å². The van der Waals surface area contributed by atoms with Crippen LogP contribution in [0.5, 0.6) is 5.75 Å². The second-order valence-electron chi connectivity index (χ2n) is 5.43. The number of Topliss-reactive ketones (excluding diaryl/α,β-unsaturated/α-hetero) is 1. The van der Waals surface area contributed by atoms with Crippen molar-refractivity contribution in [3.05, 3.63) is 51.5 Å². The molecule has 0 spiro atoms. The van der Waals surface area contributed by atoms with Gasteiger partial charge in [0.1, 0.15) is 5.75 Å². The van der Waals surface area contributed by atoms with Crippen molar-refractivity contribution in [3.63, 3.8) is 0 Å². The minimum Gasteiger partial charge on any atom is -0.497 e. The molecule has 2 heterocycles. The monoisotopic (exact) mass is 406 g/mol. The predicted octanol–water partition coefficient (Wildman–Crippen LogP) is 4.17. The molecule has 0 bridgehead atoms. The molecule has 0 saturated carbocycles. The number of rotatable bonds is 8. The summed E-state index contributed by atoms with van der Waals surface area (Å²) in [5.41, 5.74) is 0.748. The Balaban J connectivity index is 1.47. The first-order valence-electron chi connectivity index (χ1n) is 7.96. The van der Waals surface area contributed by atoms with Gasteiger partial charge in [0.15, 0.2) is 12.4 Å². The van der Waals surface area contributed by atoms with Gasteiger partial charge < -0.3 is 14.0 Å². The van der Waals surface area contributed by atoms with Crippen molar-refractivity contribution in [2.45, 2.75) is 19.4 Å². The highest BCUT2D eigenvalue weighted by Gasteiger charge is 2.14. The quantitative estimate of drug-likeness (QED) is 0.409. The second-order valence-corrected chi connectivity index (χ2v) is 7.14. The van der Waals surface area contributed by atoms with Gasteiger partial charge in [-0.15, -0.1) is 11.3 Å². The van der Waals surface area contributed by atoms with Crippen LogP contribution in [0, 0.1) is 0 Å². The van der Waals surface area contributed by atoms with E-state index in [-0.39, 0.29) is 31.1 Å². The fraction of sp³-hybridized carbons (Fsp3) is 0.222. The lowest BCUT2D eigenvalue weighted by molar-refractivity contribution is -0.145. The third kappa shape index (κ3) is 5.15. The lowest BCUT2D eigenvalue weighted by Gasteiger charge is -2.01. The molecule has 9 heteroatoms. The molecule has 0 atom stereocenters. The number of nitrogens with zero attached hydrogens (tertiary/aromatic N) is 2. The third-order valence-corrected chi connectivity index (χ3v) is 4.85. The molecule has 0 fully saturated rings. The fourth-order valence-corrected chi connectivity index (χ4v) is 3.20. The maximum Gasteiger partial charge on any atom is 0.306 e. The van der Waals surface area contributed by atoms with Crippen LogP contribution in [0.4, 0.5) is 0 Å². The highest BCUT2D eigenvalue weighted by atomic mass is 35.5. The Morgan fingerprint density at radius 1 is 1.15 bits per heavy atom. The van der Waals surface area contributed by atoms with Crippen molar-refractivity contribution in [1.82, 2.24) is 10.1 Å². The van der Waals surface area contributed by atoms with Crippen LogP contribution in [0.1, 0.15) is 28.4 Å². The van der Waals surface area contributed by atoms with Gasteiger partial charge in [-0.3, -0.25) is 9.59 Å². The van der Waals surface area contributed by atoms with Crippen LogP contribution in [0.25, 0.3) is 11.4 Å². The van der Waals surface area contributed by atoms with Crippen LogP contribution in [0.2, 0.25) is 4.34 Å². The molecule has 0 radical (unpaired) electrons. The third-order valence-electron chi connectivity index (χ3n) is 3.58. The van der Waals surface area contributed by atoms with E-state index in [4.69, 9.17) is 25.6 Å². The zero-order valence-electron chi connectivity index (χ0n) is 14.3. The maximum atomic E-state index is 11.9. The number of halogens is 1. The molecule has 1 aromatic carbocycles. The van der Waals surface area contributed by atoms with Crippen molar-refractivity contribution in [2.24, 2.45) is 0 Å². The van der Waals surface area contributed by atoms with Gasteiger partial charge in [0.2, 0.25) is 5.82 Å². The van der Waals surface area contributed by atoms with Crippen LogP contribution in [0.3, 0.4) is 0 Å². The van der Waals surface area contributed by atoms with Gasteiger partial charge in [-0.25, -0.2) is 0 Å². The summed E-state index contributed by atoms with van der Waals surface area (Å²) in [7, 11) is 1.58.